The van der Waals surface area contributed by atoms with Gasteiger partial charge in [-0.2, -0.15) is 0 Å². The van der Waals surface area contributed by atoms with Gasteiger partial charge in [-0.05, 0) is 40.5 Å². The third kappa shape index (κ3) is 2.86. The van der Waals surface area contributed by atoms with E-state index in [9.17, 15) is 4.39 Å². The number of ether oxygens (including phenoxy) is 1. The van der Waals surface area contributed by atoms with Gasteiger partial charge < -0.3 is 4.74 Å². The van der Waals surface area contributed by atoms with Crippen LogP contribution in [0.5, 0.6) is 5.75 Å². The molecule has 2 rings (SSSR count). The second-order valence-electron chi connectivity index (χ2n) is 3.77. The van der Waals surface area contributed by atoms with Gasteiger partial charge in [-0.1, -0.05) is 30.3 Å². The average molecular weight is 295 g/mol. The van der Waals surface area contributed by atoms with Gasteiger partial charge in [0.25, 0.3) is 0 Å². The number of rotatable bonds is 3. The van der Waals surface area contributed by atoms with Crippen LogP contribution in [-0.2, 0) is 6.61 Å². The molecule has 0 aromatic heterocycles. The third-order valence-corrected chi connectivity index (χ3v) is 3.12. The monoisotopic (exact) mass is 294 g/mol. The smallest absolute Gasteiger partial charge is 0.136 e. The van der Waals surface area contributed by atoms with Crippen LogP contribution >= 0.6 is 15.9 Å². The van der Waals surface area contributed by atoms with Crippen LogP contribution in [0.2, 0.25) is 0 Å². The van der Waals surface area contributed by atoms with E-state index < -0.39 is 0 Å². The summed E-state index contributed by atoms with van der Waals surface area (Å²) in [5.74, 6) is 0.521. The number of hydrogen-bond acceptors (Lipinski definition) is 1. The minimum atomic E-state index is -0.239. The Labute approximate surface area is 108 Å². The van der Waals surface area contributed by atoms with Crippen molar-refractivity contribution in [2.24, 2.45) is 0 Å². The minimum Gasteiger partial charge on any atom is -0.487 e. The van der Waals surface area contributed by atoms with Crippen LogP contribution < -0.4 is 4.74 Å². The fraction of sp³-hybridized carbons (Fsp3) is 0.143. The van der Waals surface area contributed by atoms with Crippen LogP contribution in [0.25, 0.3) is 0 Å². The lowest BCUT2D eigenvalue weighted by Gasteiger charge is -2.11. The molecule has 1 nitrogen and oxygen atoms in total. The van der Waals surface area contributed by atoms with Gasteiger partial charge in [0.05, 0.1) is 4.47 Å². The summed E-state index contributed by atoms with van der Waals surface area (Å²) in [6.45, 7) is 2.19. The SMILES string of the molecule is Cc1cccc(Br)c1OCc1ccccc1F. The molecule has 2 aromatic carbocycles. The second kappa shape index (κ2) is 5.32. The first-order chi connectivity index (χ1) is 8.18. The van der Waals surface area contributed by atoms with Crippen LogP contribution in [0.15, 0.2) is 46.9 Å². The molecule has 0 bridgehead atoms. The topological polar surface area (TPSA) is 9.23 Å². The van der Waals surface area contributed by atoms with Crippen LogP contribution in [0, 0.1) is 12.7 Å². The van der Waals surface area contributed by atoms with E-state index in [0.29, 0.717) is 5.56 Å². The van der Waals surface area contributed by atoms with E-state index in [4.69, 9.17) is 4.74 Å². The standard InChI is InChI=1S/C14H12BrFO/c1-10-5-4-7-12(15)14(10)17-9-11-6-2-3-8-13(11)16/h2-8H,9H2,1H3. The molecule has 0 radical (unpaired) electrons. The van der Waals surface area contributed by atoms with E-state index in [1.807, 2.05) is 25.1 Å². The Balaban J connectivity index is 2.16. The molecule has 0 fully saturated rings. The Bertz CT molecular complexity index is 505. The van der Waals surface area contributed by atoms with Crippen molar-refractivity contribution >= 4 is 15.9 Å². The zero-order chi connectivity index (χ0) is 12.3. The molecule has 0 aliphatic rings. The first kappa shape index (κ1) is 12.1. The molecule has 0 N–H and O–H groups in total. The van der Waals surface area contributed by atoms with E-state index >= 15 is 0 Å². The summed E-state index contributed by atoms with van der Waals surface area (Å²) < 4.78 is 19.9. The Morgan fingerprint density at radius 3 is 2.59 bits per heavy atom. The summed E-state index contributed by atoms with van der Waals surface area (Å²) in [5.41, 5.74) is 1.58. The van der Waals surface area contributed by atoms with E-state index in [2.05, 4.69) is 15.9 Å². The van der Waals surface area contributed by atoms with Gasteiger partial charge in [-0.25, -0.2) is 4.39 Å². The fourth-order valence-electron chi connectivity index (χ4n) is 1.56. The first-order valence-electron chi connectivity index (χ1n) is 5.30. The molecule has 0 saturated heterocycles. The molecular weight excluding hydrogens is 283 g/mol. The molecule has 2 aromatic rings. The van der Waals surface area contributed by atoms with E-state index in [0.717, 1.165) is 15.8 Å². The predicted molar refractivity (Wildman–Crippen MR) is 69.6 cm³/mol. The summed E-state index contributed by atoms with van der Waals surface area (Å²) >= 11 is 3.42. The van der Waals surface area contributed by atoms with Crippen molar-refractivity contribution in [3.05, 3.63) is 63.9 Å². The zero-order valence-corrected chi connectivity index (χ0v) is 11.0. The molecule has 0 spiro atoms. The second-order valence-corrected chi connectivity index (χ2v) is 4.62. The lowest BCUT2D eigenvalue weighted by Crippen LogP contribution is -2.00. The van der Waals surface area contributed by atoms with Crippen molar-refractivity contribution in [2.75, 3.05) is 0 Å². The van der Waals surface area contributed by atoms with Crippen LogP contribution in [-0.4, -0.2) is 0 Å². The third-order valence-electron chi connectivity index (χ3n) is 2.49. The van der Waals surface area contributed by atoms with Crippen molar-refractivity contribution in [3.8, 4) is 5.75 Å². The highest BCUT2D eigenvalue weighted by Crippen LogP contribution is 2.29. The largest absolute Gasteiger partial charge is 0.487 e. The minimum absolute atomic E-state index is 0.232. The predicted octanol–water partition coefficient (Wildman–Crippen LogP) is 4.48. The molecule has 0 amide bonds. The molecule has 88 valence electrons. The molecule has 17 heavy (non-hydrogen) atoms. The van der Waals surface area contributed by atoms with Gasteiger partial charge in [-0.3, -0.25) is 0 Å². The van der Waals surface area contributed by atoms with Crippen LogP contribution in [0.3, 0.4) is 0 Å². The number of aryl methyl sites for hydroxylation is 1. The van der Waals surface area contributed by atoms with Crippen molar-refractivity contribution in [1.29, 1.82) is 0 Å². The normalized spacial score (nSPS) is 10.3. The molecule has 0 atom stereocenters. The Kier molecular flexibility index (Phi) is 3.79. The van der Waals surface area contributed by atoms with Gasteiger partial charge >= 0.3 is 0 Å². The summed E-state index contributed by atoms with van der Waals surface area (Å²) in [7, 11) is 0. The van der Waals surface area contributed by atoms with Crippen molar-refractivity contribution in [2.45, 2.75) is 13.5 Å². The van der Waals surface area contributed by atoms with Gasteiger partial charge in [0.2, 0.25) is 0 Å². The Morgan fingerprint density at radius 1 is 1.12 bits per heavy atom. The summed E-state index contributed by atoms with van der Waals surface area (Å²) in [5, 5.41) is 0. The molecule has 0 saturated carbocycles. The molecule has 0 aliphatic carbocycles. The van der Waals surface area contributed by atoms with Crippen molar-refractivity contribution in [3.63, 3.8) is 0 Å². The molecule has 3 heteroatoms. The van der Waals surface area contributed by atoms with Gasteiger partial charge in [-0.15, -0.1) is 0 Å². The van der Waals surface area contributed by atoms with Gasteiger partial charge in [0.15, 0.2) is 0 Å². The highest BCUT2D eigenvalue weighted by atomic mass is 79.9. The van der Waals surface area contributed by atoms with Crippen LogP contribution in [0.1, 0.15) is 11.1 Å². The average Bonchev–Trinajstić information content (AvgIpc) is 2.30. The highest BCUT2D eigenvalue weighted by Gasteiger charge is 2.06. The summed E-state index contributed by atoms with van der Waals surface area (Å²) in [4.78, 5) is 0. The van der Waals surface area contributed by atoms with Crippen LogP contribution in [0.4, 0.5) is 4.39 Å². The first-order valence-corrected chi connectivity index (χ1v) is 6.09. The maximum absolute atomic E-state index is 13.4. The van der Waals surface area contributed by atoms with E-state index in [1.54, 1.807) is 18.2 Å². The summed E-state index contributed by atoms with van der Waals surface area (Å²) in [6, 6.07) is 12.4. The maximum Gasteiger partial charge on any atom is 0.136 e. The molecule has 0 aliphatic heterocycles. The lowest BCUT2D eigenvalue weighted by molar-refractivity contribution is 0.296. The van der Waals surface area contributed by atoms with Crippen molar-refractivity contribution in [1.82, 2.24) is 0 Å². The van der Waals surface area contributed by atoms with E-state index in [-0.39, 0.29) is 12.4 Å². The highest BCUT2D eigenvalue weighted by molar-refractivity contribution is 9.10. The van der Waals surface area contributed by atoms with Gasteiger partial charge in [0.1, 0.15) is 18.2 Å². The number of hydrogen-bond donors (Lipinski definition) is 0. The fourth-order valence-corrected chi connectivity index (χ4v) is 2.14. The number of halogens is 2. The Hall–Kier alpha value is -1.35. The Morgan fingerprint density at radius 2 is 1.88 bits per heavy atom. The van der Waals surface area contributed by atoms with E-state index in [1.165, 1.54) is 6.07 Å². The lowest BCUT2D eigenvalue weighted by atomic mass is 10.2. The number of para-hydroxylation sites is 1. The molecular formula is C14H12BrFO. The number of benzene rings is 2. The molecule has 0 heterocycles. The zero-order valence-electron chi connectivity index (χ0n) is 9.41. The quantitative estimate of drug-likeness (QED) is 0.811. The van der Waals surface area contributed by atoms with Gasteiger partial charge in [0, 0.05) is 5.56 Å². The van der Waals surface area contributed by atoms with Crippen molar-refractivity contribution < 1.29 is 9.13 Å². The molecule has 0 unspecified atom stereocenters. The summed E-state index contributed by atoms with van der Waals surface area (Å²) in [6.07, 6.45) is 0. The maximum atomic E-state index is 13.4.